The van der Waals surface area contributed by atoms with Gasteiger partial charge in [-0.15, -0.1) is 0 Å². The van der Waals surface area contributed by atoms with Crippen LogP contribution in [0.3, 0.4) is 0 Å². The first kappa shape index (κ1) is 13.1. The molecule has 0 bridgehead atoms. The fourth-order valence-corrected chi connectivity index (χ4v) is 1.62. The summed E-state index contributed by atoms with van der Waals surface area (Å²) >= 11 is 5.59. The molecule has 1 aromatic rings. The summed E-state index contributed by atoms with van der Waals surface area (Å²) in [5.41, 5.74) is 0.229. The number of aliphatic hydroxyl groups excluding tert-OH is 1. The van der Waals surface area contributed by atoms with Crippen LogP contribution in [0, 0.1) is 5.82 Å². The maximum atomic E-state index is 13.4. The number of hydrogen-bond donors (Lipinski definition) is 1. The average Bonchev–Trinajstić information content (AvgIpc) is 2.25. The van der Waals surface area contributed by atoms with Gasteiger partial charge in [0.05, 0.1) is 5.02 Å². The Bertz CT molecular complexity index is 379. The third-order valence-electron chi connectivity index (χ3n) is 2.33. The zero-order valence-electron chi connectivity index (χ0n) is 9.04. The minimum Gasteiger partial charge on any atom is -0.385 e. The van der Waals surface area contributed by atoms with Gasteiger partial charge in [-0.3, -0.25) is 4.79 Å². The molecule has 2 nitrogen and oxygen atoms in total. The van der Waals surface area contributed by atoms with E-state index in [1.807, 2.05) is 6.92 Å². The maximum Gasteiger partial charge on any atom is 0.165 e. The third kappa shape index (κ3) is 3.29. The molecule has 0 aliphatic heterocycles. The number of aliphatic hydroxyl groups is 1. The van der Waals surface area contributed by atoms with Crippen molar-refractivity contribution in [1.29, 1.82) is 0 Å². The van der Waals surface area contributed by atoms with E-state index in [1.54, 1.807) is 6.07 Å². The summed E-state index contributed by atoms with van der Waals surface area (Å²) in [6, 6.07) is 4.51. The van der Waals surface area contributed by atoms with E-state index in [2.05, 4.69) is 0 Å². The van der Waals surface area contributed by atoms with Crippen LogP contribution in [0.2, 0.25) is 5.02 Å². The second-order valence-corrected chi connectivity index (χ2v) is 4.07. The van der Waals surface area contributed by atoms with Crippen LogP contribution in [0.1, 0.15) is 25.3 Å². The molecule has 1 unspecified atom stereocenters. The zero-order chi connectivity index (χ0) is 12.1. The Morgan fingerprint density at radius 1 is 1.56 bits per heavy atom. The summed E-state index contributed by atoms with van der Waals surface area (Å²) in [6.07, 6.45) is -0.0112. The van der Waals surface area contributed by atoms with E-state index >= 15 is 0 Å². The highest BCUT2D eigenvalue weighted by Gasteiger charge is 2.17. The molecule has 0 aliphatic carbocycles. The molecular formula is C12H14ClFO2. The highest BCUT2D eigenvalue weighted by molar-refractivity contribution is 6.30. The van der Waals surface area contributed by atoms with Crippen molar-refractivity contribution in [2.75, 3.05) is 0 Å². The largest absolute Gasteiger partial charge is 0.385 e. The number of ketones is 1. The van der Waals surface area contributed by atoms with Gasteiger partial charge >= 0.3 is 0 Å². The quantitative estimate of drug-likeness (QED) is 0.865. The molecule has 1 N–H and O–H groups in total. The highest BCUT2D eigenvalue weighted by Crippen LogP contribution is 2.19. The molecule has 1 rings (SSSR count). The van der Waals surface area contributed by atoms with Crippen LogP contribution in [0.25, 0.3) is 0 Å². The Hall–Kier alpha value is -0.930. The van der Waals surface area contributed by atoms with Gasteiger partial charge in [0, 0.05) is 6.42 Å². The number of carbonyl (C=O) groups excluding carboxylic acids is 1. The normalized spacial score (nSPS) is 12.5. The van der Waals surface area contributed by atoms with Gasteiger partial charge in [0.15, 0.2) is 5.78 Å². The minimum atomic E-state index is -1.01. The van der Waals surface area contributed by atoms with Gasteiger partial charge in [-0.2, -0.15) is 0 Å². The molecule has 88 valence electrons. The maximum absolute atomic E-state index is 13.4. The molecule has 0 aromatic heterocycles. The van der Waals surface area contributed by atoms with E-state index < -0.39 is 11.9 Å². The summed E-state index contributed by atoms with van der Waals surface area (Å²) in [7, 11) is 0. The molecule has 0 fully saturated rings. The molecule has 0 aliphatic rings. The molecular weight excluding hydrogens is 231 g/mol. The van der Waals surface area contributed by atoms with E-state index in [0.717, 1.165) is 0 Å². The van der Waals surface area contributed by atoms with Gasteiger partial charge in [0.25, 0.3) is 0 Å². The SMILES string of the molecule is CCCC(O)C(=O)Cc1cccc(Cl)c1F. The topological polar surface area (TPSA) is 37.3 Å². The van der Waals surface area contributed by atoms with Gasteiger partial charge in [0.1, 0.15) is 11.9 Å². The van der Waals surface area contributed by atoms with Crippen LogP contribution < -0.4 is 0 Å². The van der Waals surface area contributed by atoms with Crippen molar-refractivity contribution in [1.82, 2.24) is 0 Å². The van der Waals surface area contributed by atoms with Crippen molar-refractivity contribution < 1.29 is 14.3 Å². The predicted octanol–water partition coefficient (Wildman–Crippen LogP) is 2.75. The molecule has 0 saturated carbocycles. The zero-order valence-corrected chi connectivity index (χ0v) is 9.80. The monoisotopic (exact) mass is 244 g/mol. The van der Waals surface area contributed by atoms with E-state index in [4.69, 9.17) is 11.6 Å². The number of Topliss-reactive ketones (excluding diaryl/α,β-unsaturated/α-hetero) is 1. The van der Waals surface area contributed by atoms with Gasteiger partial charge in [-0.1, -0.05) is 37.1 Å². The van der Waals surface area contributed by atoms with Crippen LogP contribution in [0.5, 0.6) is 0 Å². The van der Waals surface area contributed by atoms with Gasteiger partial charge < -0.3 is 5.11 Å². The Morgan fingerprint density at radius 3 is 2.88 bits per heavy atom. The van der Waals surface area contributed by atoms with Crippen molar-refractivity contribution in [3.8, 4) is 0 Å². The molecule has 1 aromatic carbocycles. The molecule has 0 amide bonds. The van der Waals surface area contributed by atoms with Crippen molar-refractivity contribution >= 4 is 17.4 Å². The van der Waals surface area contributed by atoms with Gasteiger partial charge in [-0.05, 0) is 18.1 Å². The molecule has 16 heavy (non-hydrogen) atoms. The van der Waals surface area contributed by atoms with E-state index in [9.17, 15) is 14.3 Å². The average molecular weight is 245 g/mol. The lowest BCUT2D eigenvalue weighted by Crippen LogP contribution is -2.22. The van der Waals surface area contributed by atoms with Gasteiger partial charge in [-0.25, -0.2) is 4.39 Å². The fraction of sp³-hybridized carbons (Fsp3) is 0.417. The number of carbonyl (C=O) groups is 1. The van der Waals surface area contributed by atoms with Crippen LogP contribution in [0.4, 0.5) is 4.39 Å². The Morgan fingerprint density at radius 2 is 2.25 bits per heavy atom. The van der Waals surface area contributed by atoms with Crippen molar-refractivity contribution in [2.45, 2.75) is 32.3 Å². The minimum absolute atomic E-state index is 0.00437. The molecule has 0 radical (unpaired) electrons. The van der Waals surface area contributed by atoms with Crippen LogP contribution in [-0.4, -0.2) is 17.0 Å². The molecule has 0 heterocycles. The first-order chi connectivity index (χ1) is 7.56. The lowest BCUT2D eigenvalue weighted by molar-refractivity contribution is -0.126. The summed E-state index contributed by atoms with van der Waals surface area (Å²) in [4.78, 5) is 11.5. The van der Waals surface area contributed by atoms with Gasteiger partial charge in [0.2, 0.25) is 0 Å². The lowest BCUT2D eigenvalue weighted by atomic mass is 10.0. The highest BCUT2D eigenvalue weighted by atomic mass is 35.5. The second-order valence-electron chi connectivity index (χ2n) is 3.66. The Labute approximate surface area is 99.0 Å². The molecule has 4 heteroatoms. The first-order valence-corrected chi connectivity index (χ1v) is 5.57. The number of halogens is 2. The van der Waals surface area contributed by atoms with Crippen LogP contribution in [-0.2, 0) is 11.2 Å². The smallest absolute Gasteiger partial charge is 0.165 e. The second kappa shape index (κ2) is 5.97. The van der Waals surface area contributed by atoms with E-state index in [0.29, 0.717) is 12.8 Å². The summed E-state index contributed by atoms with van der Waals surface area (Å²) in [5, 5.41) is 9.43. The predicted molar refractivity (Wildman–Crippen MR) is 61.0 cm³/mol. The van der Waals surface area contributed by atoms with Crippen molar-refractivity contribution in [3.63, 3.8) is 0 Å². The third-order valence-corrected chi connectivity index (χ3v) is 2.62. The number of rotatable bonds is 5. The standard InChI is InChI=1S/C12H14ClFO2/c1-2-4-10(15)11(16)7-8-5-3-6-9(13)12(8)14/h3,5-6,10,15H,2,4,7H2,1H3. The van der Waals surface area contributed by atoms with E-state index in [1.165, 1.54) is 12.1 Å². The number of hydrogen-bond acceptors (Lipinski definition) is 2. The summed E-state index contributed by atoms with van der Waals surface area (Å²) < 4.78 is 13.4. The molecule has 0 spiro atoms. The first-order valence-electron chi connectivity index (χ1n) is 5.20. The Balaban J connectivity index is 2.73. The van der Waals surface area contributed by atoms with Crippen molar-refractivity contribution in [2.24, 2.45) is 0 Å². The van der Waals surface area contributed by atoms with Crippen LogP contribution >= 0.6 is 11.6 Å². The fourth-order valence-electron chi connectivity index (χ4n) is 1.42. The number of benzene rings is 1. The Kier molecular flexibility index (Phi) is 4.90. The summed E-state index contributed by atoms with van der Waals surface area (Å²) in [5.74, 6) is -0.954. The van der Waals surface area contributed by atoms with Crippen molar-refractivity contribution in [3.05, 3.63) is 34.6 Å². The lowest BCUT2D eigenvalue weighted by Gasteiger charge is -2.09. The molecule has 1 atom stereocenters. The van der Waals surface area contributed by atoms with E-state index in [-0.39, 0.29) is 22.8 Å². The van der Waals surface area contributed by atoms with Crippen LogP contribution in [0.15, 0.2) is 18.2 Å². The summed E-state index contributed by atoms with van der Waals surface area (Å²) in [6.45, 7) is 1.87. The molecule has 0 saturated heterocycles.